The first-order valence-electron chi connectivity index (χ1n) is 21.5. The fraction of sp³-hybridized carbons (Fsp3) is 0.0690. The van der Waals surface area contributed by atoms with Crippen molar-refractivity contribution in [1.82, 2.24) is 9.13 Å². The first-order valence-corrected chi connectivity index (χ1v) is 21.5. The van der Waals surface area contributed by atoms with E-state index in [1.807, 2.05) is 0 Å². The highest BCUT2D eigenvalue weighted by Crippen LogP contribution is 2.62. The number of nitrogens with zero attached hydrogens (tertiary/aromatic N) is 2. The maximum Gasteiger partial charge on any atom is 0.142 e. The van der Waals surface area contributed by atoms with Crippen molar-refractivity contribution in [3.8, 4) is 34.0 Å². The largest absolute Gasteiger partial charge is 0.456 e. The summed E-state index contributed by atoms with van der Waals surface area (Å²) < 4.78 is 12.2. The molecule has 0 amide bonds. The van der Waals surface area contributed by atoms with Gasteiger partial charge >= 0.3 is 0 Å². The molecular weight excluding hydrogens is 741 g/mol. The number of benzene rings is 9. The third-order valence-electron chi connectivity index (χ3n) is 14.2. The lowest BCUT2D eigenvalue weighted by Crippen LogP contribution is -2.37. The lowest BCUT2D eigenvalue weighted by atomic mass is 9.61. The molecule has 3 aliphatic rings. The van der Waals surface area contributed by atoms with Gasteiger partial charge in [0.15, 0.2) is 0 Å². The Hall–Kier alpha value is -7.62. The van der Waals surface area contributed by atoms with Crippen LogP contribution in [0.2, 0.25) is 0 Å². The van der Waals surface area contributed by atoms with Crippen molar-refractivity contribution in [1.29, 1.82) is 0 Å². The lowest BCUT2D eigenvalue weighted by Gasteiger charge is -2.45. The average molecular weight is 779 g/mol. The molecule has 0 N–H and O–H groups in total. The van der Waals surface area contributed by atoms with Crippen LogP contribution in [0.25, 0.3) is 66.1 Å². The molecule has 1 atom stereocenters. The van der Waals surface area contributed by atoms with Crippen molar-refractivity contribution >= 4 is 43.6 Å². The molecule has 0 bridgehead atoms. The van der Waals surface area contributed by atoms with Crippen molar-refractivity contribution in [2.24, 2.45) is 0 Å². The van der Waals surface area contributed by atoms with E-state index >= 15 is 0 Å². The van der Waals surface area contributed by atoms with Gasteiger partial charge in [-0.2, -0.15) is 0 Å². The Morgan fingerprint density at radius 3 is 1.87 bits per heavy atom. The van der Waals surface area contributed by atoms with Gasteiger partial charge in [0.1, 0.15) is 11.5 Å². The van der Waals surface area contributed by atoms with Crippen LogP contribution in [-0.2, 0) is 11.8 Å². The van der Waals surface area contributed by atoms with Crippen molar-refractivity contribution in [2.75, 3.05) is 0 Å². The van der Waals surface area contributed by atoms with Gasteiger partial charge in [0.25, 0.3) is 0 Å². The van der Waals surface area contributed by atoms with Crippen molar-refractivity contribution in [2.45, 2.75) is 24.2 Å². The molecule has 14 rings (SSSR count). The zero-order valence-electron chi connectivity index (χ0n) is 33.3. The number of aryl methyl sites for hydroxylation is 1. The molecule has 1 unspecified atom stereocenters. The van der Waals surface area contributed by atoms with Gasteiger partial charge in [0.05, 0.1) is 38.6 Å². The second kappa shape index (κ2) is 12.2. The molecule has 0 fully saturated rings. The fourth-order valence-electron chi connectivity index (χ4n) is 11.8. The summed E-state index contributed by atoms with van der Waals surface area (Å²) in [6, 6.07) is 74.3. The van der Waals surface area contributed by atoms with E-state index in [1.54, 1.807) is 0 Å². The minimum atomic E-state index is -0.621. The molecule has 3 nitrogen and oxygen atoms in total. The van der Waals surface area contributed by atoms with Crippen LogP contribution in [0.3, 0.4) is 0 Å². The number of fused-ring (bicyclic) bond motifs is 18. The Kier molecular flexibility index (Phi) is 6.66. The number of para-hydroxylation sites is 5. The van der Waals surface area contributed by atoms with Gasteiger partial charge in [-0.05, 0) is 94.3 Å². The van der Waals surface area contributed by atoms with Crippen LogP contribution in [-0.4, -0.2) is 9.13 Å². The molecule has 286 valence electrons. The number of aromatic nitrogens is 2. The number of rotatable bonds is 4. The summed E-state index contributed by atoms with van der Waals surface area (Å²) in [4.78, 5) is 0. The SMILES string of the molecule is c1ccc2c(c1)Oc1c(ccc3c1c1ccccc1n3-c1ccc(CCC3c4ccccc4-c4ccccc43)cc1)C21c2ccccc2-n2c3ccccc3c3cccc1c32. The van der Waals surface area contributed by atoms with E-state index in [0.717, 1.165) is 40.9 Å². The molecule has 2 aromatic heterocycles. The van der Waals surface area contributed by atoms with Gasteiger partial charge in [-0.1, -0.05) is 158 Å². The first-order chi connectivity index (χ1) is 30.3. The van der Waals surface area contributed by atoms with Crippen LogP contribution < -0.4 is 4.74 Å². The minimum Gasteiger partial charge on any atom is -0.456 e. The van der Waals surface area contributed by atoms with E-state index in [0.29, 0.717) is 5.92 Å². The predicted molar refractivity (Wildman–Crippen MR) is 249 cm³/mol. The maximum absolute atomic E-state index is 7.26. The molecule has 0 saturated carbocycles. The Morgan fingerprint density at radius 1 is 0.443 bits per heavy atom. The standard InChI is InChI=1S/C58H38N2O/c1-3-16-40-38(14-1)39-15-2-4-17-41(39)42(40)33-30-36-28-31-37(32-29-36)59-51-25-10-6-19-45(51)55-53(59)35-34-49-57(55)61-54-27-12-8-22-47(54)58(49)46-21-7-11-26-52(46)60-50-24-9-5-18-43(50)44-20-13-23-48(58)56(44)60/h1-29,31-32,34-35,42H,30,33H2. The smallest absolute Gasteiger partial charge is 0.142 e. The molecule has 4 heterocycles. The summed E-state index contributed by atoms with van der Waals surface area (Å²) in [6.45, 7) is 0. The van der Waals surface area contributed by atoms with Crippen LogP contribution in [0.4, 0.5) is 0 Å². The highest BCUT2D eigenvalue weighted by molar-refractivity contribution is 6.15. The van der Waals surface area contributed by atoms with Gasteiger partial charge in [-0.15, -0.1) is 0 Å². The predicted octanol–water partition coefficient (Wildman–Crippen LogP) is 14.4. The quantitative estimate of drug-likeness (QED) is 0.174. The van der Waals surface area contributed by atoms with E-state index in [2.05, 4.69) is 209 Å². The molecule has 0 radical (unpaired) electrons. The summed E-state index contributed by atoms with van der Waals surface area (Å²) in [7, 11) is 0. The van der Waals surface area contributed by atoms with Crippen LogP contribution in [0.15, 0.2) is 200 Å². The van der Waals surface area contributed by atoms with Gasteiger partial charge in [0, 0.05) is 38.9 Å². The molecule has 2 aliphatic heterocycles. The lowest BCUT2D eigenvalue weighted by molar-refractivity contribution is 0.439. The molecular formula is C58H38N2O. The molecule has 1 spiro atoms. The highest BCUT2D eigenvalue weighted by atomic mass is 16.5. The van der Waals surface area contributed by atoms with E-state index in [4.69, 9.17) is 4.74 Å². The van der Waals surface area contributed by atoms with Crippen molar-refractivity contribution < 1.29 is 4.74 Å². The van der Waals surface area contributed by atoms with E-state index < -0.39 is 5.41 Å². The average Bonchev–Trinajstić information content (AvgIpc) is 3.96. The van der Waals surface area contributed by atoms with Crippen LogP contribution >= 0.6 is 0 Å². The Bertz CT molecular complexity index is 3600. The number of hydrogen-bond acceptors (Lipinski definition) is 1. The molecule has 3 heteroatoms. The van der Waals surface area contributed by atoms with Crippen LogP contribution in [0.1, 0.15) is 51.3 Å². The van der Waals surface area contributed by atoms with Crippen LogP contribution in [0.5, 0.6) is 11.5 Å². The van der Waals surface area contributed by atoms with Gasteiger partial charge in [0.2, 0.25) is 0 Å². The highest BCUT2D eigenvalue weighted by Gasteiger charge is 2.51. The van der Waals surface area contributed by atoms with E-state index in [-0.39, 0.29) is 0 Å². The minimum absolute atomic E-state index is 0.412. The normalized spacial score (nSPS) is 15.8. The number of hydrogen-bond donors (Lipinski definition) is 0. The topological polar surface area (TPSA) is 19.1 Å². The van der Waals surface area contributed by atoms with Gasteiger partial charge < -0.3 is 13.9 Å². The van der Waals surface area contributed by atoms with Gasteiger partial charge in [-0.25, -0.2) is 0 Å². The second-order valence-corrected chi connectivity index (χ2v) is 17.0. The monoisotopic (exact) mass is 778 g/mol. The molecule has 1 aliphatic carbocycles. The summed E-state index contributed by atoms with van der Waals surface area (Å²) in [6.07, 6.45) is 2.09. The third kappa shape index (κ3) is 4.27. The Morgan fingerprint density at radius 2 is 1.07 bits per heavy atom. The maximum atomic E-state index is 7.26. The van der Waals surface area contributed by atoms with Crippen molar-refractivity contribution in [3.05, 3.63) is 239 Å². The van der Waals surface area contributed by atoms with Crippen LogP contribution in [0, 0.1) is 0 Å². The molecule has 61 heavy (non-hydrogen) atoms. The third-order valence-corrected chi connectivity index (χ3v) is 14.2. The van der Waals surface area contributed by atoms with E-state index in [1.165, 1.54) is 88.5 Å². The molecule has 0 saturated heterocycles. The zero-order valence-corrected chi connectivity index (χ0v) is 33.3. The number of ether oxygens (including phenoxy) is 1. The molecule has 9 aromatic carbocycles. The molecule has 11 aromatic rings. The zero-order chi connectivity index (χ0) is 39.8. The Balaban J connectivity index is 0.953. The van der Waals surface area contributed by atoms with Gasteiger partial charge in [-0.3, -0.25) is 0 Å². The Labute approximate surface area is 353 Å². The summed E-state index contributed by atoms with van der Waals surface area (Å²) in [5, 5.41) is 4.86. The van der Waals surface area contributed by atoms with E-state index in [9.17, 15) is 0 Å². The summed E-state index contributed by atoms with van der Waals surface area (Å²) in [5.41, 5.74) is 18.4. The first kappa shape index (κ1) is 33.2. The second-order valence-electron chi connectivity index (χ2n) is 17.0. The fourth-order valence-corrected chi connectivity index (χ4v) is 11.8. The summed E-state index contributed by atoms with van der Waals surface area (Å²) in [5.74, 6) is 2.24. The summed E-state index contributed by atoms with van der Waals surface area (Å²) >= 11 is 0. The van der Waals surface area contributed by atoms with Crippen molar-refractivity contribution in [3.63, 3.8) is 0 Å².